The van der Waals surface area contributed by atoms with Crippen molar-refractivity contribution in [1.29, 1.82) is 0 Å². The number of hydrogen-bond acceptors (Lipinski definition) is 5. The number of rotatable bonds is 2. The maximum atomic E-state index is 13.0. The Balaban J connectivity index is 1.62. The molecule has 3 N–H and O–H groups in total. The largest absolute Gasteiger partial charge is 0.456 e. The number of anilines is 3. The third-order valence-electron chi connectivity index (χ3n) is 6.50. The first-order valence-electron chi connectivity index (χ1n) is 10.9. The van der Waals surface area contributed by atoms with Crippen molar-refractivity contribution >= 4 is 23.0 Å². The first-order chi connectivity index (χ1) is 16.0. The molecule has 0 bridgehead atoms. The van der Waals surface area contributed by atoms with E-state index in [1.807, 2.05) is 67.6 Å². The van der Waals surface area contributed by atoms with Crippen LogP contribution in [0.25, 0.3) is 0 Å². The minimum Gasteiger partial charge on any atom is -0.456 e. The average Bonchev–Trinajstić information content (AvgIpc) is 3.09. The lowest BCUT2D eigenvalue weighted by molar-refractivity contribution is 0.0224. The second-order valence-electron chi connectivity index (χ2n) is 8.58. The van der Waals surface area contributed by atoms with E-state index in [-0.39, 0.29) is 5.97 Å². The van der Waals surface area contributed by atoms with Crippen molar-refractivity contribution in [3.8, 4) is 11.5 Å². The van der Waals surface area contributed by atoms with Crippen molar-refractivity contribution in [1.82, 2.24) is 0 Å². The third-order valence-corrected chi connectivity index (χ3v) is 6.50. The number of hydrogen-bond donors (Lipinski definition) is 2. The SMILES string of the molecule is Cc1ccccc1Nc1cc2c(cc1C)Oc1cc(N)ccc1C21OC(=O)c2ccccc21. The van der Waals surface area contributed by atoms with E-state index in [9.17, 15) is 4.79 Å². The van der Waals surface area contributed by atoms with E-state index >= 15 is 0 Å². The van der Waals surface area contributed by atoms with Crippen LogP contribution in [0.5, 0.6) is 11.5 Å². The monoisotopic (exact) mass is 434 g/mol. The minimum absolute atomic E-state index is 0.352. The molecule has 1 atom stereocenters. The second kappa shape index (κ2) is 6.87. The predicted octanol–water partition coefficient (Wildman–Crippen LogP) is 6.20. The number of nitrogens with one attached hydrogen (secondary N) is 1. The van der Waals surface area contributed by atoms with Crippen LogP contribution < -0.4 is 15.8 Å². The van der Waals surface area contributed by atoms with Gasteiger partial charge in [-0.1, -0.05) is 36.4 Å². The molecule has 2 aliphatic rings. The first kappa shape index (κ1) is 19.4. The molecule has 4 aromatic carbocycles. The predicted molar refractivity (Wildman–Crippen MR) is 128 cm³/mol. The zero-order valence-electron chi connectivity index (χ0n) is 18.3. The van der Waals surface area contributed by atoms with Crippen LogP contribution in [0.3, 0.4) is 0 Å². The summed E-state index contributed by atoms with van der Waals surface area (Å²) in [5.74, 6) is 0.881. The van der Waals surface area contributed by atoms with Crippen LogP contribution in [-0.4, -0.2) is 5.97 Å². The number of aryl methyl sites for hydroxylation is 2. The summed E-state index contributed by atoms with van der Waals surface area (Å²) in [4.78, 5) is 13.0. The Labute approximate surface area is 191 Å². The van der Waals surface area contributed by atoms with E-state index in [4.69, 9.17) is 15.2 Å². The Morgan fingerprint density at radius 3 is 2.36 bits per heavy atom. The molecule has 5 heteroatoms. The molecule has 1 unspecified atom stereocenters. The number of para-hydroxylation sites is 1. The highest BCUT2D eigenvalue weighted by Crippen LogP contribution is 2.57. The molecule has 0 amide bonds. The zero-order valence-corrected chi connectivity index (χ0v) is 18.3. The van der Waals surface area contributed by atoms with E-state index in [0.29, 0.717) is 22.7 Å². The summed E-state index contributed by atoms with van der Waals surface area (Å²) < 4.78 is 12.5. The molecule has 0 aromatic heterocycles. The number of benzene rings is 4. The van der Waals surface area contributed by atoms with Crippen LogP contribution in [0.15, 0.2) is 78.9 Å². The van der Waals surface area contributed by atoms with Gasteiger partial charge in [-0.05, 0) is 61.4 Å². The number of esters is 1. The topological polar surface area (TPSA) is 73.6 Å². The van der Waals surface area contributed by atoms with E-state index < -0.39 is 5.60 Å². The molecule has 5 nitrogen and oxygen atoms in total. The molecule has 0 aliphatic carbocycles. The summed E-state index contributed by atoms with van der Waals surface area (Å²) in [5.41, 5.74) is 12.5. The normalized spacial score (nSPS) is 17.6. The minimum atomic E-state index is -1.11. The van der Waals surface area contributed by atoms with Crippen molar-refractivity contribution in [3.05, 3.63) is 112 Å². The summed E-state index contributed by atoms with van der Waals surface area (Å²) in [7, 11) is 0. The molecular weight excluding hydrogens is 412 g/mol. The molecule has 2 aliphatic heterocycles. The van der Waals surface area contributed by atoms with Crippen LogP contribution in [0, 0.1) is 13.8 Å². The van der Waals surface area contributed by atoms with Gasteiger partial charge in [0.1, 0.15) is 11.5 Å². The molecule has 2 heterocycles. The standard InChI is InChI=1S/C28H22N2O3/c1-16-7-3-6-10-23(16)30-24-15-22-25(13-17(24)2)32-26-14-18(29)11-12-21(26)28(22)20-9-5-4-8-19(20)27(31)33-28/h3-15,30H,29H2,1-2H3. The second-order valence-corrected chi connectivity index (χ2v) is 8.58. The lowest BCUT2D eigenvalue weighted by Gasteiger charge is -2.37. The Morgan fingerprint density at radius 2 is 1.52 bits per heavy atom. The van der Waals surface area contributed by atoms with Gasteiger partial charge in [-0.25, -0.2) is 4.79 Å². The smallest absolute Gasteiger partial charge is 0.340 e. The molecule has 0 saturated heterocycles. The summed E-state index contributed by atoms with van der Waals surface area (Å²) >= 11 is 0. The van der Waals surface area contributed by atoms with Gasteiger partial charge in [-0.2, -0.15) is 0 Å². The molecule has 4 aromatic rings. The summed E-state index contributed by atoms with van der Waals surface area (Å²) in [6.07, 6.45) is 0. The molecule has 1 spiro atoms. The van der Waals surface area contributed by atoms with Crippen LogP contribution in [0.1, 0.15) is 38.2 Å². The highest BCUT2D eigenvalue weighted by atomic mass is 16.6. The lowest BCUT2D eigenvalue weighted by atomic mass is 9.77. The summed E-state index contributed by atoms with van der Waals surface area (Å²) in [6, 6.07) is 25.2. The zero-order chi connectivity index (χ0) is 22.7. The average molecular weight is 434 g/mol. The highest BCUT2D eigenvalue weighted by Gasteiger charge is 2.53. The molecule has 162 valence electrons. The Morgan fingerprint density at radius 1 is 0.758 bits per heavy atom. The fraction of sp³-hybridized carbons (Fsp3) is 0.107. The van der Waals surface area contributed by atoms with Gasteiger partial charge in [0, 0.05) is 39.8 Å². The molecule has 0 radical (unpaired) electrons. The molecule has 33 heavy (non-hydrogen) atoms. The van der Waals surface area contributed by atoms with Crippen LogP contribution in [-0.2, 0) is 10.3 Å². The molecule has 0 saturated carbocycles. The van der Waals surface area contributed by atoms with Gasteiger partial charge in [0.05, 0.1) is 5.56 Å². The van der Waals surface area contributed by atoms with Gasteiger partial charge < -0.3 is 20.5 Å². The van der Waals surface area contributed by atoms with Crippen molar-refractivity contribution in [3.63, 3.8) is 0 Å². The van der Waals surface area contributed by atoms with Gasteiger partial charge in [-0.15, -0.1) is 0 Å². The van der Waals surface area contributed by atoms with Gasteiger partial charge in [0.25, 0.3) is 0 Å². The van der Waals surface area contributed by atoms with E-state index in [0.717, 1.165) is 39.2 Å². The fourth-order valence-electron chi connectivity index (χ4n) is 4.83. The number of carbonyl (C=O) groups is 1. The quantitative estimate of drug-likeness (QED) is 0.290. The van der Waals surface area contributed by atoms with Crippen molar-refractivity contribution in [2.24, 2.45) is 0 Å². The van der Waals surface area contributed by atoms with Crippen LogP contribution in [0.4, 0.5) is 17.1 Å². The number of nitrogen functional groups attached to an aromatic ring is 1. The van der Waals surface area contributed by atoms with Crippen molar-refractivity contribution in [2.75, 3.05) is 11.1 Å². The fourth-order valence-corrected chi connectivity index (χ4v) is 4.83. The Bertz CT molecular complexity index is 1460. The van der Waals surface area contributed by atoms with Gasteiger partial charge in [0.2, 0.25) is 0 Å². The molecule has 0 fully saturated rings. The summed E-state index contributed by atoms with van der Waals surface area (Å²) in [6.45, 7) is 4.09. The maximum absolute atomic E-state index is 13.0. The number of ether oxygens (including phenoxy) is 2. The Hall–Kier alpha value is -4.25. The maximum Gasteiger partial charge on any atom is 0.340 e. The number of fused-ring (bicyclic) bond motifs is 6. The van der Waals surface area contributed by atoms with Crippen LogP contribution in [0.2, 0.25) is 0 Å². The Kier molecular flexibility index (Phi) is 4.05. The third kappa shape index (κ3) is 2.75. The number of nitrogens with two attached hydrogens (primary N) is 1. The van der Waals surface area contributed by atoms with E-state index in [2.05, 4.69) is 18.3 Å². The first-order valence-corrected chi connectivity index (χ1v) is 10.9. The van der Waals surface area contributed by atoms with Crippen molar-refractivity contribution in [2.45, 2.75) is 19.4 Å². The number of carbonyl (C=O) groups excluding carboxylic acids is 1. The highest BCUT2D eigenvalue weighted by molar-refractivity contribution is 5.97. The molecule has 6 rings (SSSR count). The van der Waals surface area contributed by atoms with Crippen LogP contribution >= 0.6 is 0 Å². The van der Waals surface area contributed by atoms with E-state index in [1.165, 1.54) is 0 Å². The lowest BCUT2D eigenvalue weighted by Crippen LogP contribution is -2.33. The summed E-state index contributed by atoms with van der Waals surface area (Å²) in [5, 5.41) is 3.55. The van der Waals surface area contributed by atoms with Gasteiger partial charge in [0.15, 0.2) is 5.60 Å². The van der Waals surface area contributed by atoms with Crippen molar-refractivity contribution < 1.29 is 14.3 Å². The van der Waals surface area contributed by atoms with E-state index in [1.54, 1.807) is 12.1 Å². The molecular formula is C28H22N2O3. The van der Waals surface area contributed by atoms with Gasteiger partial charge in [-0.3, -0.25) is 0 Å². The van der Waals surface area contributed by atoms with Gasteiger partial charge >= 0.3 is 5.97 Å².